The van der Waals surface area contributed by atoms with Crippen molar-refractivity contribution in [3.05, 3.63) is 71.8 Å². The van der Waals surface area contributed by atoms with Gasteiger partial charge < -0.3 is 20.5 Å². The first kappa shape index (κ1) is 31.0. The van der Waals surface area contributed by atoms with E-state index in [4.69, 9.17) is 11.2 Å². The first-order valence-corrected chi connectivity index (χ1v) is 13.1. The van der Waals surface area contributed by atoms with Crippen molar-refractivity contribution in [2.75, 3.05) is 6.54 Å². The van der Waals surface area contributed by atoms with Gasteiger partial charge in [0.15, 0.2) is 0 Å². The Morgan fingerprint density at radius 1 is 1.15 bits per heavy atom. The number of phenols is 1. The van der Waals surface area contributed by atoms with Crippen molar-refractivity contribution in [2.24, 2.45) is 0 Å². The van der Waals surface area contributed by atoms with Crippen molar-refractivity contribution in [2.45, 2.75) is 71.1 Å². The summed E-state index contributed by atoms with van der Waals surface area (Å²) in [6.07, 6.45) is 9.47. The molecule has 3 N–H and O–H groups in total. The molecule has 2 aromatic rings. The molecule has 2 unspecified atom stereocenters. The van der Waals surface area contributed by atoms with Crippen molar-refractivity contribution in [1.82, 2.24) is 15.5 Å². The molecule has 2 rings (SSSR count). The number of hydrogen-bond acceptors (Lipinski definition) is 5. The Morgan fingerprint density at radius 2 is 1.85 bits per heavy atom. The second kappa shape index (κ2) is 14.6. The minimum absolute atomic E-state index is 0.0497. The number of carbonyl (C=O) groups excluding carboxylic acids is 3. The molecule has 0 spiro atoms. The van der Waals surface area contributed by atoms with E-state index in [9.17, 15) is 19.5 Å². The maximum absolute atomic E-state index is 14.0. The van der Waals surface area contributed by atoms with E-state index in [2.05, 4.69) is 30.2 Å². The monoisotopic (exact) mass is 533 g/mol. The summed E-state index contributed by atoms with van der Waals surface area (Å²) >= 11 is 0. The number of phenolic OH excluding ortho intramolecular Hbond substituents is 1. The highest BCUT2D eigenvalue weighted by molar-refractivity contribution is 5.93. The average Bonchev–Trinajstić information content (AvgIpc) is 2.89. The molecule has 8 nitrogen and oxygen atoms in total. The minimum Gasteiger partial charge on any atom is -0.508 e. The number of hydrogen-bond donors (Lipinski definition) is 3. The van der Waals surface area contributed by atoms with Crippen LogP contribution in [0.2, 0.25) is 0 Å². The van der Waals surface area contributed by atoms with Crippen LogP contribution < -0.4 is 10.6 Å². The van der Waals surface area contributed by atoms with E-state index in [1.807, 2.05) is 6.07 Å². The Labute approximate surface area is 231 Å². The number of nitrogens with one attached hydrogen (secondary N) is 2. The van der Waals surface area contributed by atoms with Crippen LogP contribution in [0.15, 0.2) is 55.1 Å². The predicted octanol–water partition coefficient (Wildman–Crippen LogP) is 4.94. The van der Waals surface area contributed by atoms with Gasteiger partial charge in [-0.05, 0) is 62.1 Å². The molecule has 0 radical (unpaired) electrons. The van der Waals surface area contributed by atoms with Gasteiger partial charge in [-0.15, -0.1) is 0 Å². The third kappa shape index (κ3) is 9.86. The maximum Gasteiger partial charge on any atom is 0.408 e. The van der Waals surface area contributed by atoms with Crippen LogP contribution in [0.25, 0.3) is 6.08 Å². The molecule has 8 heteroatoms. The fraction of sp³-hybridized carbons (Fsp3) is 0.387. The molecule has 0 aliphatic carbocycles. The lowest BCUT2D eigenvalue weighted by Crippen LogP contribution is -2.52. The Balaban J connectivity index is 2.47. The number of aromatic hydroxyl groups is 1. The molecule has 2 atom stereocenters. The Kier molecular flexibility index (Phi) is 11.6. The molecule has 0 aliphatic rings. The van der Waals surface area contributed by atoms with Crippen molar-refractivity contribution in [1.29, 1.82) is 0 Å². The molecular formula is C31H39N3O5. The first-order valence-electron chi connectivity index (χ1n) is 13.1. The first-order chi connectivity index (χ1) is 18.5. The van der Waals surface area contributed by atoms with Crippen molar-refractivity contribution < 1.29 is 24.2 Å². The van der Waals surface area contributed by atoms with Gasteiger partial charge in [0.1, 0.15) is 23.4 Å². The number of nitrogens with zero attached hydrogens (tertiary/aromatic N) is 1. The summed E-state index contributed by atoms with van der Waals surface area (Å²) < 4.78 is 5.38. The third-order valence-electron chi connectivity index (χ3n) is 5.79. The van der Waals surface area contributed by atoms with Gasteiger partial charge >= 0.3 is 6.09 Å². The van der Waals surface area contributed by atoms with Crippen LogP contribution in [-0.4, -0.2) is 46.1 Å². The lowest BCUT2D eigenvalue weighted by Gasteiger charge is -2.30. The second-order valence-corrected chi connectivity index (χ2v) is 10.2. The maximum atomic E-state index is 14.0. The number of rotatable bonds is 12. The number of terminal acetylenes is 1. The largest absolute Gasteiger partial charge is 0.508 e. The van der Waals surface area contributed by atoms with Gasteiger partial charge in [-0.1, -0.05) is 69.2 Å². The lowest BCUT2D eigenvalue weighted by molar-refractivity contribution is -0.138. The highest BCUT2D eigenvalue weighted by Crippen LogP contribution is 2.24. The summed E-state index contributed by atoms with van der Waals surface area (Å²) in [5.74, 6) is -1.03. The van der Waals surface area contributed by atoms with Crippen LogP contribution in [0, 0.1) is 12.5 Å². The van der Waals surface area contributed by atoms with E-state index in [1.54, 1.807) is 57.2 Å². The lowest BCUT2D eigenvalue weighted by atomic mass is 9.99. The van der Waals surface area contributed by atoms with Crippen LogP contribution in [-0.2, 0) is 20.7 Å². The molecule has 0 fully saturated rings. The number of unbranched alkanes of at least 4 members (excludes halogenated alkanes) is 2. The van der Waals surface area contributed by atoms with Gasteiger partial charge in [-0.3, -0.25) is 14.5 Å². The summed E-state index contributed by atoms with van der Waals surface area (Å²) in [6, 6.07) is 13.4. The fourth-order valence-corrected chi connectivity index (χ4v) is 3.91. The zero-order chi connectivity index (χ0) is 29.0. The Morgan fingerprint density at radius 3 is 2.44 bits per heavy atom. The van der Waals surface area contributed by atoms with Crippen LogP contribution in [0.5, 0.6) is 5.75 Å². The molecule has 0 aromatic heterocycles. The summed E-state index contributed by atoms with van der Waals surface area (Å²) in [4.78, 5) is 41.2. The molecule has 0 saturated heterocycles. The van der Waals surface area contributed by atoms with E-state index in [1.165, 1.54) is 12.1 Å². The molecule has 0 heterocycles. The van der Waals surface area contributed by atoms with Crippen LogP contribution in [0.4, 0.5) is 4.79 Å². The van der Waals surface area contributed by atoms with Crippen molar-refractivity contribution >= 4 is 24.0 Å². The Hall–Kier alpha value is -4.25. The number of benzene rings is 2. The summed E-state index contributed by atoms with van der Waals surface area (Å²) in [7, 11) is 0. The highest BCUT2D eigenvalue weighted by atomic mass is 16.6. The highest BCUT2D eigenvalue weighted by Gasteiger charge is 2.36. The summed E-state index contributed by atoms with van der Waals surface area (Å²) in [6.45, 7) is 11.4. The van der Waals surface area contributed by atoms with Gasteiger partial charge in [0, 0.05) is 19.0 Å². The zero-order valence-electron chi connectivity index (χ0n) is 23.2. The molecular weight excluding hydrogens is 494 g/mol. The average molecular weight is 534 g/mol. The van der Waals surface area contributed by atoms with Crippen molar-refractivity contribution in [3.8, 4) is 18.2 Å². The molecule has 0 bridgehead atoms. The number of ether oxygens (including phenoxy) is 1. The fourth-order valence-electron chi connectivity index (χ4n) is 3.91. The minimum atomic E-state index is -1.15. The molecule has 39 heavy (non-hydrogen) atoms. The number of amides is 3. The van der Waals surface area contributed by atoms with Gasteiger partial charge in [0.25, 0.3) is 5.91 Å². The van der Waals surface area contributed by atoms with Gasteiger partial charge in [-0.2, -0.15) is 0 Å². The van der Waals surface area contributed by atoms with Gasteiger partial charge in [-0.25, -0.2) is 4.79 Å². The Bertz CT molecular complexity index is 1180. The normalized spacial score (nSPS) is 12.4. The molecule has 0 saturated carbocycles. The molecule has 0 aliphatic heterocycles. The van der Waals surface area contributed by atoms with Crippen LogP contribution in [0.3, 0.4) is 0 Å². The smallest absolute Gasteiger partial charge is 0.408 e. The van der Waals surface area contributed by atoms with Crippen LogP contribution in [0.1, 0.15) is 69.7 Å². The van der Waals surface area contributed by atoms with E-state index < -0.39 is 35.6 Å². The van der Waals surface area contributed by atoms with Crippen molar-refractivity contribution in [3.63, 3.8) is 0 Å². The van der Waals surface area contributed by atoms with E-state index in [-0.39, 0.29) is 12.2 Å². The van der Waals surface area contributed by atoms with E-state index in [0.717, 1.165) is 29.7 Å². The predicted molar refractivity (Wildman–Crippen MR) is 152 cm³/mol. The zero-order valence-corrected chi connectivity index (χ0v) is 23.2. The third-order valence-corrected chi connectivity index (χ3v) is 5.79. The van der Waals surface area contributed by atoms with E-state index >= 15 is 0 Å². The number of carbonyl (C=O) groups is 3. The standard InChI is InChI=1S/C31H39N3O5/c1-7-10-11-19-32-28(36)27(24-14-12-13-22(8-2)20-24)34(9-3)29(37)26(33-30(38)39-31(4,5)6)21-23-15-17-25(35)18-16-23/h3,8,12-18,20,26-27,35H,2,7,10-11,19,21H2,1,4-6H3,(H,32,36)(H,33,38). The quantitative estimate of drug-likeness (QED) is 0.204. The summed E-state index contributed by atoms with van der Waals surface area (Å²) in [5.41, 5.74) is 1.13. The number of alkyl carbamates (subject to hydrolysis) is 1. The second-order valence-electron chi connectivity index (χ2n) is 10.2. The van der Waals surface area contributed by atoms with Crippen LogP contribution >= 0.6 is 0 Å². The summed E-state index contributed by atoms with van der Waals surface area (Å²) in [5, 5.41) is 15.2. The molecule has 2 aromatic carbocycles. The molecule has 208 valence electrons. The van der Waals surface area contributed by atoms with E-state index in [0.29, 0.717) is 17.7 Å². The van der Waals surface area contributed by atoms with Gasteiger partial charge in [0.2, 0.25) is 5.91 Å². The SMILES string of the molecule is C#CN(C(=O)C(Cc1ccc(O)cc1)NC(=O)OC(C)(C)C)C(C(=O)NCCCCC)c1cccc(C=C)c1. The van der Waals surface area contributed by atoms with Gasteiger partial charge in [0.05, 0.1) is 0 Å². The molecule has 3 amide bonds. The topological polar surface area (TPSA) is 108 Å².